The Hall–Kier alpha value is -1.21. The number of carbonyl (C=O) groups excluding carboxylic acids is 1. The van der Waals surface area contributed by atoms with E-state index in [1.165, 1.54) is 50.0 Å². The van der Waals surface area contributed by atoms with Crippen LogP contribution in [0.1, 0.15) is 49.5 Å². The smallest absolute Gasteiger partial charge is 0.321 e. The number of amides is 2. The van der Waals surface area contributed by atoms with Crippen LogP contribution >= 0.6 is 11.3 Å². The molecule has 1 aliphatic carbocycles. The molecular formula is C14H21N5OS. The van der Waals surface area contributed by atoms with E-state index >= 15 is 0 Å². The molecule has 0 aromatic carbocycles. The highest BCUT2D eigenvalue weighted by atomic mass is 32.1. The minimum Gasteiger partial charge on any atom is -0.333 e. The molecule has 2 amide bonds. The molecule has 2 atom stereocenters. The van der Waals surface area contributed by atoms with E-state index in [2.05, 4.69) is 25.7 Å². The number of aromatic nitrogens is 2. The Morgan fingerprint density at radius 3 is 2.90 bits per heavy atom. The first-order chi connectivity index (χ1) is 10.3. The van der Waals surface area contributed by atoms with Crippen molar-refractivity contribution in [2.45, 2.75) is 56.5 Å². The Balaban J connectivity index is 1.32. The topological polar surface area (TPSA) is 70.1 Å². The molecule has 7 heteroatoms. The van der Waals surface area contributed by atoms with Crippen molar-refractivity contribution in [3.63, 3.8) is 0 Å². The molecule has 1 saturated carbocycles. The van der Waals surface area contributed by atoms with Crippen molar-refractivity contribution in [2.75, 3.05) is 18.4 Å². The minimum atomic E-state index is -0.133. The molecule has 0 bridgehead atoms. The van der Waals surface area contributed by atoms with E-state index in [0.29, 0.717) is 17.1 Å². The van der Waals surface area contributed by atoms with Gasteiger partial charge in [-0.2, -0.15) is 0 Å². The quantitative estimate of drug-likeness (QED) is 0.898. The van der Waals surface area contributed by atoms with Crippen LogP contribution in [0.5, 0.6) is 0 Å². The normalized spacial score (nSPS) is 29.1. The summed E-state index contributed by atoms with van der Waals surface area (Å²) < 4.78 is 0. The summed E-state index contributed by atoms with van der Waals surface area (Å²) in [6.45, 7) is 2.30. The van der Waals surface area contributed by atoms with Crippen LogP contribution in [-0.2, 0) is 0 Å². The van der Waals surface area contributed by atoms with E-state index in [9.17, 15) is 4.79 Å². The third-order valence-corrected chi connectivity index (χ3v) is 5.76. The van der Waals surface area contributed by atoms with Gasteiger partial charge in [-0.3, -0.25) is 10.2 Å². The van der Waals surface area contributed by atoms with Gasteiger partial charge < -0.3 is 5.32 Å². The summed E-state index contributed by atoms with van der Waals surface area (Å²) in [5.41, 5.74) is 0. The molecule has 21 heavy (non-hydrogen) atoms. The lowest BCUT2D eigenvalue weighted by atomic mass is 9.99. The van der Waals surface area contributed by atoms with Crippen LogP contribution in [0.15, 0.2) is 0 Å². The van der Waals surface area contributed by atoms with Gasteiger partial charge in [-0.05, 0) is 38.6 Å². The first kappa shape index (κ1) is 13.5. The van der Waals surface area contributed by atoms with Gasteiger partial charge in [-0.15, -0.1) is 10.2 Å². The number of piperidine rings is 1. The van der Waals surface area contributed by atoms with Crippen molar-refractivity contribution < 1.29 is 4.79 Å². The zero-order chi connectivity index (χ0) is 14.2. The van der Waals surface area contributed by atoms with E-state index < -0.39 is 0 Å². The number of urea groups is 1. The Labute approximate surface area is 128 Å². The van der Waals surface area contributed by atoms with Crippen molar-refractivity contribution in [3.05, 3.63) is 5.01 Å². The summed E-state index contributed by atoms with van der Waals surface area (Å²) in [6, 6.07) is 0.674. The summed E-state index contributed by atoms with van der Waals surface area (Å²) in [7, 11) is 0. The van der Waals surface area contributed by atoms with Gasteiger partial charge in [0.25, 0.3) is 0 Å². The van der Waals surface area contributed by atoms with Gasteiger partial charge in [0.1, 0.15) is 5.01 Å². The first-order valence-corrected chi connectivity index (χ1v) is 8.76. The predicted octanol–water partition coefficient (Wildman–Crippen LogP) is 2.16. The Morgan fingerprint density at radius 1 is 1.14 bits per heavy atom. The highest BCUT2D eigenvalue weighted by Gasteiger charge is 2.36. The van der Waals surface area contributed by atoms with Crippen LogP contribution in [0.2, 0.25) is 0 Å². The number of nitrogens with zero attached hydrogens (tertiary/aromatic N) is 3. The summed E-state index contributed by atoms with van der Waals surface area (Å²) >= 11 is 1.51. The van der Waals surface area contributed by atoms with Gasteiger partial charge in [-0.1, -0.05) is 17.8 Å². The zero-order valence-electron chi connectivity index (χ0n) is 12.0. The first-order valence-electron chi connectivity index (χ1n) is 7.94. The fourth-order valence-electron chi connectivity index (χ4n) is 3.50. The lowest BCUT2D eigenvalue weighted by Gasteiger charge is -2.32. The van der Waals surface area contributed by atoms with Gasteiger partial charge in [0.05, 0.1) is 0 Å². The Morgan fingerprint density at radius 2 is 2.05 bits per heavy atom. The molecule has 3 fully saturated rings. The molecule has 1 aromatic rings. The van der Waals surface area contributed by atoms with E-state index in [1.54, 1.807) is 0 Å². The number of hydrogen-bond donors (Lipinski definition) is 2. The number of rotatable bonds is 3. The van der Waals surface area contributed by atoms with Crippen molar-refractivity contribution in [1.82, 2.24) is 20.4 Å². The maximum absolute atomic E-state index is 12.1. The van der Waals surface area contributed by atoms with Gasteiger partial charge in [-0.25, -0.2) is 4.79 Å². The van der Waals surface area contributed by atoms with Crippen LogP contribution in [-0.4, -0.2) is 46.3 Å². The van der Waals surface area contributed by atoms with Crippen molar-refractivity contribution in [2.24, 2.45) is 0 Å². The van der Waals surface area contributed by atoms with E-state index in [1.807, 2.05) is 0 Å². The minimum absolute atomic E-state index is 0.133. The number of carbonyl (C=O) groups is 1. The van der Waals surface area contributed by atoms with Crippen LogP contribution in [0.25, 0.3) is 0 Å². The summed E-state index contributed by atoms with van der Waals surface area (Å²) in [4.78, 5) is 14.7. The van der Waals surface area contributed by atoms with Crippen LogP contribution in [0.3, 0.4) is 0 Å². The molecule has 2 saturated heterocycles. The maximum Gasteiger partial charge on any atom is 0.321 e. The molecular weight excluding hydrogens is 286 g/mol. The van der Waals surface area contributed by atoms with E-state index in [4.69, 9.17) is 0 Å². The van der Waals surface area contributed by atoms with Crippen molar-refractivity contribution in [1.29, 1.82) is 0 Å². The van der Waals surface area contributed by atoms with E-state index in [-0.39, 0.29) is 12.1 Å². The second kappa shape index (κ2) is 5.53. The van der Waals surface area contributed by atoms with Gasteiger partial charge in [0.15, 0.2) is 0 Å². The third-order valence-electron chi connectivity index (χ3n) is 4.76. The molecule has 3 heterocycles. The molecule has 6 nitrogen and oxygen atoms in total. The average Bonchev–Trinajstić information content (AvgIpc) is 3.12. The fourth-order valence-corrected chi connectivity index (χ4v) is 4.41. The maximum atomic E-state index is 12.1. The SMILES string of the molecule is O=C(Nc1nnc(C2CC2)s1)N[C@H]1CCN2CCCC[C@@H]12. The third kappa shape index (κ3) is 2.89. The molecule has 114 valence electrons. The molecule has 1 aromatic heterocycles. The molecule has 3 aliphatic rings. The molecule has 0 spiro atoms. The van der Waals surface area contributed by atoms with Crippen LogP contribution in [0, 0.1) is 0 Å². The summed E-state index contributed by atoms with van der Waals surface area (Å²) in [6.07, 6.45) is 7.25. The molecule has 4 rings (SSSR count). The zero-order valence-corrected chi connectivity index (χ0v) is 12.9. The van der Waals surface area contributed by atoms with Crippen molar-refractivity contribution in [3.8, 4) is 0 Å². The van der Waals surface area contributed by atoms with Gasteiger partial charge >= 0.3 is 6.03 Å². The summed E-state index contributed by atoms with van der Waals surface area (Å²) in [5, 5.41) is 15.9. The summed E-state index contributed by atoms with van der Waals surface area (Å²) in [5.74, 6) is 0.590. The Bertz CT molecular complexity index is 529. The number of nitrogens with one attached hydrogen (secondary N) is 2. The average molecular weight is 307 g/mol. The molecule has 2 N–H and O–H groups in total. The number of anilines is 1. The van der Waals surface area contributed by atoms with Crippen LogP contribution in [0.4, 0.5) is 9.93 Å². The number of fused-ring (bicyclic) bond motifs is 1. The second-order valence-corrected chi connectivity index (χ2v) is 7.32. The Kier molecular flexibility index (Phi) is 3.54. The molecule has 0 radical (unpaired) electrons. The highest BCUT2D eigenvalue weighted by molar-refractivity contribution is 7.15. The monoisotopic (exact) mass is 307 g/mol. The van der Waals surface area contributed by atoms with Crippen LogP contribution < -0.4 is 10.6 Å². The van der Waals surface area contributed by atoms with Crippen molar-refractivity contribution >= 4 is 22.5 Å². The highest BCUT2D eigenvalue weighted by Crippen LogP contribution is 2.42. The van der Waals surface area contributed by atoms with Gasteiger partial charge in [0.2, 0.25) is 5.13 Å². The molecule has 0 unspecified atom stereocenters. The number of hydrogen-bond acceptors (Lipinski definition) is 5. The predicted molar refractivity (Wildman–Crippen MR) is 81.7 cm³/mol. The van der Waals surface area contributed by atoms with Gasteiger partial charge in [0, 0.05) is 24.5 Å². The lowest BCUT2D eigenvalue weighted by Crippen LogP contribution is -2.47. The fraction of sp³-hybridized carbons (Fsp3) is 0.786. The second-order valence-electron chi connectivity index (χ2n) is 6.31. The largest absolute Gasteiger partial charge is 0.333 e. The molecule has 2 aliphatic heterocycles. The standard InChI is InChI=1S/C14H21N5OS/c20-13(16-14-18-17-12(21-14)9-4-5-9)15-10-6-8-19-7-2-1-3-11(10)19/h9-11H,1-8H2,(H2,15,16,18,20)/t10-,11-/m0/s1. The van der Waals surface area contributed by atoms with E-state index in [0.717, 1.165) is 18.0 Å². The lowest BCUT2D eigenvalue weighted by molar-refractivity contribution is 0.180.